The molecule has 1 aromatic rings. The lowest BCUT2D eigenvalue weighted by Gasteiger charge is -2.21. The number of aryl methyl sites for hydroxylation is 1. The SMILES string of the molecule is Cc1cc(S(=O)(=O)N(C)CC2CCCO2)cc(CCl)c1F. The standard InChI is InChI=1S/C14H19ClFNO3S/c1-10-6-13(7-11(8-15)14(10)16)21(18,19)17(2)9-12-4-3-5-20-12/h6-7,12H,3-5,8-9H2,1-2H3. The molecule has 1 aliphatic rings. The highest BCUT2D eigenvalue weighted by Gasteiger charge is 2.27. The van der Waals surface area contributed by atoms with Gasteiger partial charge in [-0.15, -0.1) is 11.6 Å². The second-order valence-electron chi connectivity index (χ2n) is 5.27. The molecular weight excluding hydrogens is 317 g/mol. The predicted molar refractivity (Wildman–Crippen MR) is 79.5 cm³/mol. The zero-order valence-electron chi connectivity index (χ0n) is 12.1. The van der Waals surface area contributed by atoms with Crippen LogP contribution in [0.1, 0.15) is 24.0 Å². The molecule has 1 atom stereocenters. The molecule has 7 heteroatoms. The summed E-state index contributed by atoms with van der Waals surface area (Å²) in [5.74, 6) is -0.517. The average Bonchev–Trinajstić information content (AvgIpc) is 2.94. The molecule has 1 aliphatic heterocycles. The van der Waals surface area contributed by atoms with E-state index in [-0.39, 0.29) is 28.0 Å². The summed E-state index contributed by atoms with van der Waals surface area (Å²) < 4.78 is 45.6. The third kappa shape index (κ3) is 3.56. The number of rotatable bonds is 5. The summed E-state index contributed by atoms with van der Waals surface area (Å²) >= 11 is 5.67. The molecule has 1 fully saturated rings. The van der Waals surface area contributed by atoms with Gasteiger partial charge in [-0.25, -0.2) is 12.8 Å². The topological polar surface area (TPSA) is 46.6 Å². The summed E-state index contributed by atoms with van der Waals surface area (Å²) in [6, 6.07) is 2.64. The highest BCUT2D eigenvalue weighted by molar-refractivity contribution is 7.89. The van der Waals surface area contributed by atoms with Gasteiger partial charge in [0, 0.05) is 25.8 Å². The van der Waals surface area contributed by atoms with E-state index < -0.39 is 15.8 Å². The van der Waals surface area contributed by atoms with Crippen LogP contribution >= 0.6 is 11.6 Å². The third-order valence-electron chi connectivity index (χ3n) is 3.64. The Bertz CT molecular complexity index is 615. The molecule has 0 radical (unpaired) electrons. The van der Waals surface area contributed by atoms with Gasteiger partial charge in [0.25, 0.3) is 0 Å². The van der Waals surface area contributed by atoms with E-state index in [4.69, 9.17) is 16.3 Å². The first-order chi connectivity index (χ1) is 9.86. The number of halogens is 2. The molecule has 118 valence electrons. The van der Waals surface area contributed by atoms with Gasteiger partial charge in [0.05, 0.1) is 16.9 Å². The van der Waals surface area contributed by atoms with Crippen LogP contribution in [-0.4, -0.2) is 39.0 Å². The van der Waals surface area contributed by atoms with E-state index in [1.165, 1.54) is 30.4 Å². The molecule has 2 rings (SSSR count). The van der Waals surface area contributed by atoms with E-state index in [2.05, 4.69) is 0 Å². The largest absolute Gasteiger partial charge is 0.377 e. The van der Waals surface area contributed by atoms with Crippen molar-refractivity contribution in [2.24, 2.45) is 0 Å². The van der Waals surface area contributed by atoms with E-state index in [9.17, 15) is 12.8 Å². The average molecular weight is 336 g/mol. The van der Waals surface area contributed by atoms with Crippen LogP contribution in [0.2, 0.25) is 0 Å². The van der Waals surface area contributed by atoms with Crippen molar-refractivity contribution in [1.29, 1.82) is 0 Å². The minimum atomic E-state index is -3.67. The zero-order chi connectivity index (χ0) is 15.6. The number of nitrogens with zero attached hydrogens (tertiary/aromatic N) is 1. The van der Waals surface area contributed by atoms with Crippen LogP contribution in [0.25, 0.3) is 0 Å². The molecule has 1 heterocycles. The molecule has 0 spiro atoms. The highest BCUT2D eigenvalue weighted by Crippen LogP contribution is 2.24. The fourth-order valence-electron chi connectivity index (χ4n) is 2.41. The quantitative estimate of drug-likeness (QED) is 0.777. The number of sulfonamides is 1. The van der Waals surface area contributed by atoms with Crippen LogP contribution in [0.3, 0.4) is 0 Å². The fourth-order valence-corrected chi connectivity index (χ4v) is 3.94. The molecule has 1 unspecified atom stereocenters. The minimum absolute atomic E-state index is 0.0640. The van der Waals surface area contributed by atoms with Gasteiger partial charge in [-0.05, 0) is 37.5 Å². The van der Waals surface area contributed by atoms with Gasteiger partial charge < -0.3 is 4.74 Å². The molecular formula is C14H19ClFNO3S. The lowest BCUT2D eigenvalue weighted by atomic mass is 10.1. The van der Waals surface area contributed by atoms with Crippen LogP contribution in [0.15, 0.2) is 17.0 Å². The van der Waals surface area contributed by atoms with Gasteiger partial charge >= 0.3 is 0 Å². The maximum atomic E-state index is 13.8. The molecule has 4 nitrogen and oxygen atoms in total. The van der Waals surface area contributed by atoms with Crippen LogP contribution in [0.5, 0.6) is 0 Å². The summed E-state index contributed by atoms with van der Waals surface area (Å²) in [7, 11) is -2.16. The molecule has 1 aromatic carbocycles. The Morgan fingerprint density at radius 1 is 1.48 bits per heavy atom. The Balaban J connectivity index is 2.27. The van der Waals surface area contributed by atoms with Crippen molar-refractivity contribution in [1.82, 2.24) is 4.31 Å². The number of alkyl halides is 1. The van der Waals surface area contributed by atoms with Crippen LogP contribution in [0.4, 0.5) is 4.39 Å². The zero-order valence-corrected chi connectivity index (χ0v) is 13.7. The highest BCUT2D eigenvalue weighted by atomic mass is 35.5. The first kappa shape index (κ1) is 16.7. The van der Waals surface area contributed by atoms with Crippen molar-refractivity contribution >= 4 is 21.6 Å². The summed E-state index contributed by atoms with van der Waals surface area (Å²) in [6.07, 6.45) is 1.73. The molecule has 0 amide bonds. The van der Waals surface area contributed by atoms with Crippen molar-refractivity contribution in [2.45, 2.75) is 36.6 Å². The van der Waals surface area contributed by atoms with Crippen LogP contribution in [0, 0.1) is 12.7 Å². The maximum absolute atomic E-state index is 13.8. The van der Waals surface area contributed by atoms with E-state index in [1.807, 2.05) is 0 Å². The second-order valence-corrected chi connectivity index (χ2v) is 7.58. The molecule has 21 heavy (non-hydrogen) atoms. The number of ether oxygens (including phenoxy) is 1. The van der Waals surface area contributed by atoms with Gasteiger partial charge in [-0.3, -0.25) is 0 Å². The van der Waals surface area contributed by atoms with Crippen molar-refractivity contribution < 1.29 is 17.5 Å². The summed E-state index contributed by atoms with van der Waals surface area (Å²) in [4.78, 5) is 0.0672. The number of hydrogen-bond donors (Lipinski definition) is 0. The Morgan fingerprint density at radius 3 is 2.76 bits per heavy atom. The Labute approximate surface area is 129 Å². The molecule has 0 saturated carbocycles. The van der Waals surface area contributed by atoms with Crippen molar-refractivity contribution in [3.05, 3.63) is 29.1 Å². The number of benzene rings is 1. The van der Waals surface area contributed by atoms with E-state index in [0.29, 0.717) is 13.2 Å². The van der Waals surface area contributed by atoms with Crippen molar-refractivity contribution in [3.8, 4) is 0 Å². The molecule has 1 saturated heterocycles. The van der Waals surface area contributed by atoms with Crippen LogP contribution in [-0.2, 0) is 20.6 Å². The van der Waals surface area contributed by atoms with Gasteiger partial charge in [0.1, 0.15) is 5.82 Å². The summed E-state index contributed by atoms with van der Waals surface area (Å²) in [5.41, 5.74) is 0.470. The van der Waals surface area contributed by atoms with Gasteiger partial charge in [-0.2, -0.15) is 4.31 Å². The van der Waals surface area contributed by atoms with E-state index in [0.717, 1.165) is 12.8 Å². The summed E-state index contributed by atoms with van der Waals surface area (Å²) in [6.45, 7) is 2.50. The first-order valence-electron chi connectivity index (χ1n) is 6.79. The van der Waals surface area contributed by atoms with E-state index in [1.54, 1.807) is 0 Å². The Morgan fingerprint density at radius 2 is 2.19 bits per heavy atom. The lowest BCUT2D eigenvalue weighted by Crippen LogP contribution is -2.34. The van der Waals surface area contributed by atoms with Gasteiger partial charge in [0.2, 0.25) is 10.0 Å². The smallest absolute Gasteiger partial charge is 0.242 e. The molecule has 0 aliphatic carbocycles. The predicted octanol–water partition coefficient (Wildman–Crippen LogP) is 2.67. The minimum Gasteiger partial charge on any atom is -0.377 e. The number of hydrogen-bond acceptors (Lipinski definition) is 3. The maximum Gasteiger partial charge on any atom is 0.242 e. The first-order valence-corrected chi connectivity index (χ1v) is 8.76. The molecule has 0 bridgehead atoms. The van der Waals surface area contributed by atoms with E-state index >= 15 is 0 Å². The normalized spacial score (nSPS) is 19.4. The van der Waals surface area contributed by atoms with Crippen molar-refractivity contribution in [2.75, 3.05) is 20.2 Å². The Kier molecular flexibility index (Phi) is 5.24. The third-order valence-corrected chi connectivity index (χ3v) is 5.73. The Hall–Kier alpha value is -0.690. The summed E-state index contributed by atoms with van der Waals surface area (Å²) in [5, 5.41) is 0. The lowest BCUT2D eigenvalue weighted by molar-refractivity contribution is 0.0979. The van der Waals surface area contributed by atoms with Gasteiger partial charge in [-0.1, -0.05) is 0 Å². The van der Waals surface area contributed by atoms with Crippen LogP contribution < -0.4 is 0 Å². The molecule has 0 aromatic heterocycles. The van der Waals surface area contributed by atoms with Crippen molar-refractivity contribution in [3.63, 3.8) is 0 Å². The monoisotopic (exact) mass is 335 g/mol. The second kappa shape index (κ2) is 6.60. The molecule has 0 N–H and O–H groups in total. The fraction of sp³-hybridized carbons (Fsp3) is 0.571. The van der Waals surface area contributed by atoms with Gasteiger partial charge in [0.15, 0.2) is 0 Å². The number of likely N-dealkylation sites (N-methyl/N-ethyl adjacent to an activating group) is 1.